The van der Waals surface area contributed by atoms with Crippen LogP contribution >= 0.6 is 11.8 Å². The zero-order valence-electron chi connectivity index (χ0n) is 10.1. The van der Waals surface area contributed by atoms with Crippen LogP contribution in [0.3, 0.4) is 0 Å². The van der Waals surface area contributed by atoms with E-state index in [1.165, 1.54) is 17.0 Å². The Morgan fingerprint density at radius 2 is 1.50 bits per heavy atom. The van der Waals surface area contributed by atoms with Crippen molar-refractivity contribution >= 4 is 11.8 Å². The Morgan fingerprint density at radius 1 is 1.00 bits per heavy atom. The Labute approximate surface area is 111 Å². The molecule has 1 atom stereocenters. The van der Waals surface area contributed by atoms with E-state index >= 15 is 0 Å². The van der Waals surface area contributed by atoms with Gasteiger partial charge in [-0.1, -0.05) is 31.2 Å². The van der Waals surface area contributed by atoms with Gasteiger partial charge in [-0.2, -0.15) is 0 Å². The number of aliphatic hydroxyl groups excluding tert-OH is 1. The highest BCUT2D eigenvalue weighted by atomic mass is 32.2. The van der Waals surface area contributed by atoms with Gasteiger partial charge >= 0.3 is 0 Å². The van der Waals surface area contributed by atoms with Crippen LogP contribution in [0.2, 0.25) is 0 Å². The van der Waals surface area contributed by atoms with Gasteiger partial charge < -0.3 is 5.11 Å². The molecule has 2 rings (SSSR count). The van der Waals surface area contributed by atoms with Crippen LogP contribution in [0.15, 0.2) is 53.4 Å². The first-order chi connectivity index (χ1) is 8.70. The average molecular weight is 262 g/mol. The Balaban J connectivity index is 2.17. The second kappa shape index (κ2) is 6.03. The first-order valence-electron chi connectivity index (χ1n) is 5.87. The number of hydrogen-bond donors (Lipinski definition) is 1. The van der Waals surface area contributed by atoms with Crippen LogP contribution in [0.4, 0.5) is 4.39 Å². The lowest BCUT2D eigenvalue weighted by molar-refractivity contribution is 0.220. The molecule has 3 heteroatoms. The molecule has 0 spiro atoms. The van der Waals surface area contributed by atoms with Gasteiger partial charge in [0.1, 0.15) is 11.9 Å². The van der Waals surface area contributed by atoms with E-state index in [0.29, 0.717) is 5.56 Å². The van der Waals surface area contributed by atoms with Crippen molar-refractivity contribution in [3.63, 3.8) is 0 Å². The molecule has 1 nitrogen and oxygen atoms in total. The summed E-state index contributed by atoms with van der Waals surface area (Å²) in [6.45, 7) is 2.10. The third-order valence-corrected chi connectivity index (χ3v) is 3.59. The lowest BCUT2D eigenvalue weighted by Crippen LogP contribution is -1.99. The molecule has 2 aromatic rings. The summed E-state index contributed by atoms with van der Waals surface area (Å²) in [7, 11) is 0. The molecule has 0 radical (unpaired) electrons. The quantitative estimate of drug-likeness (QED) is 0.840. The average Bonchev–Trinajstić information content (AvgIpc) is 2.40. The minimum Gasteiger partial charge on any atom is -0.384 e. The van der Waals surface area contributed by atoms with Crippen molar-refractivity contribution in [3.8, 4) is 0 Å². The van der Waals surface area contributed by atoms with Crippen molar-refractivity contribution in [1.29, 1.82) is 0 Å². The fraction of sp³-hybridized carbons (Fsp3) is 0.200. The summed E-state index contributed by atoms with van der Waals surface area (Å²) in [5.74, 6) is 0.737. The van der Waals surface area contributed by atoms with E-state index in [-0.39, 0.29) is 5.82 Å². The third-order valence-electron chi connectivity index (χ3n) is 2.69. The van der Waals surface area contributed by atoms with Gasteiger partial charge in [0.05, 0.1) is 0 Å². The molecule has 0 aliphatic rings. The molecular formula is C15H15FOS. The van der Waals surface area contributed by atoms with Crippen LogP contribution in [-0.4, -0.2) is 10.9 Å². The van der Waals surface area contributed by atoms with Crippen molar-refractivity contribution in [1.82, 2.24) is 0 Å². The summed E-state index contributed by atoms with van der Waals surface area (Å²) < 4.78 is 12.8. The standard InChI is InChI=1S/C15H15FOS/c1-2-18-14-9-5-12(6-10-14)15(17)11-3-7-13(16)8-4-11/h3-10,15,17H,2H2,1H3/t15-/m1/s1. The number of benzene rings is 2. The monoisotopic (exact) mass is 262 g/mol. The molecule has 94 valence electrons. The molecule has 1 N–H and O–H groups in total. The van der Waals surface area contributed by atoms with Gasteiger partial charge in [-0.05, 0) is 41.1 Å². The third kappa shape index (κ3) is 3.12. The fourth-order valence-corrected chi connectivity index (χ4v) is 2.41. The molecule has 18 heavy (non-hydrogen) atoms. The van der Waals surface area contributed by atoms with Crippen molar-refractivity contribution in [2.24, 2.45) is 0 Å². The smallest absolute Gasteiger partial charge is 0.123 e. The molecule has 0 aliphatic heterocycles. The number of hydrogen-bond acceptors (Lipinski definition) is 2. The fourth-order valence-electron chi connectivity index (χ4n) is 1.75. The van der Waals surface area contributed by atoms with E-state index in [1.54, 1.807) is 23.9 Å². The lowest BCUT2D eigenvalue weighted by atomic mass is 10.0. The lowest BCUT2D eigenvalue weighted by Gasteiger charge is -2.12. The van der Waals surface area contributed by atoms with Gasteiger partial charge in [-0.3, -0.25) is 0 Å². The maximum absolute atomic E-state index is 12.8. The Morgan fingerprint density at radius 3 is 2.00 bits per heavy atom. The number of aliphatic hydroxyl groups is 1. The number of thioether (sulfide) groups is 1. The molecule has 2 aromatic carbocycles. The van der Waals surface area contributed by atoms with Gasteiger partial charge in [0.15, 0.2) is 0 Å². The van der Waals surface area contributed by atoms with Crippen LogP contribution in [-0.2, 0) is 0 Å². The van der Waals surface area contributed by atoms with Crippen molar-refractivity contribution in [2.75, 3.05) is 5.75 Å². The molecular weight excluding hydrogens is 247 g/mol. The molecule has 0 unspecified atom stereocenters. The van der Waals surface area contributed by atoms with Gasteiger partial charge in [-0.25, -0.2) is 4.39 Å². The summed E-state index contributed by atoms with van der Waals surface area (Å²) in [6, 6.07) is 13.7. The van der Waals surface area contributed by atoms with Crippen LogP contribution in [0.5, 0.6) is 0 Å². The van der Waals surface area contributed by atoms with E-state index in [0.717, 1.165) is 11.3 Å². The van der Waals surface area contributed by atoms with E-state index < -0.39 is 6.10 Å². The maximum atomic E-state index is 12.8. The largest absolute Gasteiger partial charge is 0.384 e. The molecule has 0 bridgehead atoms. The number of halogens is 1. The summed E-state index contributed by atoms with van der Waals surface area (Å²) in [6.07, 6.45) is -0.703. The van der Waals surface area contributed by atoms with E-state index in [4.69, 9.17) is 0 Å². The second-order valence-electron chi connectivity index (χ2n) is 3.96. The number of rotatable bonds is 4. The summed E-state index contributed by atoms with van der Waals surface area (Å²) >= 11 is 1.76. The van der Waals surface area contributed by atoms with Crippen molar-refractivity contribution in [3.05, 3.63) is 65.5 Å². The molecule has 0 saturated heterocycles. The maximum Gasteiger partial charge on any atom is 0.123 e. The molecule has 0 heterocycles. The van der Waals surface area contributed by atoms with Gasteiger partial charge in [-0.15, -0.1) is 11.8 Å². The zero-order chi connectivity index (χ0) is 13.0. The summed E-state index contributed by atoms with van der Waals surface area (Å²) in [5.41, 5.74) is 1.52. The topological polar surface area (TPSA) is 20.2 Å². The van der Waals surface area contributed by atoms with Crippen LogP contribution in [0.25, 0.3) is 0 Å². The minimum absolute atomic E-state index is 0.291. The van der Waals surface area contributed by atoms with Gasteiger partial charge in [0.25, 0.3) is 0 Å². The van der Waals surface area contributed by atoms with Crippen LogP contribution < -0.4 is 0 Å². The van der Waals surface area contributed by atoms with Crippen molar-refractivity contribution < 1.29 is 9.50 Å². The highest BCUT2D eigenvalue weighted by molar-refractivity contribution is 7.99. The van der Waals surface area contributed by atoms with Crippen LogP contribution in [0.1, 0.15) is 24.2 Å². The second-order valence-corrected chi connectivity index (χ2v) is 5.29. The van der Waals surface area contributed by atoms with Gasteiger partial charge in [0.2, 0.25) is 0 Å². The Hall–Kier alpha value is -1.32. The van der Waals surface area contributed by atoms with E-state index in [9.17, 15) is 9.50 Å². The molecule has 0 fully saturated rings. The normalized spacial score (nSPS) is 12.4. The van der Waals surface area contributed by atoms with Crippen molar-refractivity contribution in [2.45, 2.75) is 17.9 Å². The van der Waals surface area contributed by atoms with E-state index in [2.05, 4.69) is 6.92 Å². The molecule has 0 saturated carbocycles. The van der Waals surface area contributed by atoms with Gasteiger partial charge in [0, 0.05) is 4.90 Å². The highest BCUT2D eigenvalue weighted by Crippen LogP contribution is 2.25. The summed E-state index contributed by atoms with van der Waals surface area (Å²) in [4.78, 5) is 1.19. The first-order valence-corrected chi connectivity index (χ1v) is 6.85. The predicted octanol–water partition coefficient (Wildman–Crippen LogP) is 4.02. The van der Waals surface area contributed by atoms with E-state index in [1.807, 2.05) is 24.3 Å². The Bertz CT molecular complexity index is 493. The molecule has 0 aliphatic carbocycles. The SMILES string of the molecule is CCSc1ccc([C@H](O)c2ccc(F)cc2)cc1. The Kier molecular flexibility index (Phi) is 4.39. The predicted molar refractivity (Wildman–Crippen MR) is 73.3 cm³/mol. The summed E-state index contributed by atoms with van der Waals surface area (Å²) in [5, 5.41) is 10.2. The van der Waals surface area contributed by atoms with Crippen LogP contribution in [0, 0.1) is 5.82 Å². The highest BCUT2D eigenvalue weighted by Gasteiger charge is 2.10. The first kappa shape index (κ1) is 13.1. The zero-order valence-corrected chi connectivity index (χ0v) is 11.0. The molecule has 0 aromatic heterocycles. The minimum atomic E-state index is -0.703. The molecule has 0 amide bonds.